The van der Waals surface area contributed by atoms with E-state index in [9.17, 15) is 9.59 Å². The van der Waals surface area contributed by atoms with E-state index < -0.39 is 18.0 Å². The number of hydrogen-bond donors (Lipinski definition) is 2. The molecule has 0 spiro atoms. The van der Waals surface area contributed by atoms with Crippen LogP contribution in [0.1, 0.15) is 13.8 Å². The minimum atomic E-state index is -1.06. The summed E-state index contributed by atoms with van der Waals surface area (Å²) in [6.07, 6.45) is 0. The standard InChI is InChI=1S/C16H18N2O3/c1-3-18(16(21)17-11(2)15(19)20)14-10-6-8-12-7-4-5-9-13(12)14/h4-11H,3H2,1-2H3,(H,17,21)(H,19,20)/t11-/m0/s1. The number of anilines is 1. The van der Waals surface area contributed by atoms with Gasteiger partial charge >= 0.3 is 12.0 Å². The van der Waals surface area contributed by atoms with Crippen LogP contribution in [0.3, 0.4) is 0 Å². The van der Waals surface area contributed by atoms with E-state index in [-0.39, 0.29) is 0 Å². The first kappa shape index (κ1) is 14.8. The Morgan fingerprint density at radius 2 is 1.86 bits per heavy atom. The van der Waals surface area contributed by atoms with Crippen LogP contribution in [0.25, 0.3) is 10.8 Å². The van der Waals surface area contributed by atoms with Gasteiger partial charge in [0.05, 0.1) is 5.69 Å². The van der Waals surface area contributed by atoms with Crippen LogP contribution in [-0.2, 0) is 4.79 Å². The van der Waals surface area contributed by atoms with E-state index in [4.69, 9.17) is 5.11 Å². The van der Waals surface area contributed by atoms with Crippen molar-refractivity contribution >= 4 is 28.5 Å². The van der Waals surface area contributed by atoms with Gasteiger partial charge in [0.15, 0.2) is 0 Å². The lowest BCUT2D eigenvalue weighted by Crippen LogP contribution is -2.46. The van der Waals surface area contributed by atoms with E-state index >= 15 is 0 Å². The Bertz CT molecular complexity index is 664. The number of urea groups is 1. The van der Waals surface area contributed by atoms with Crippen LogP contribution in [0.15, 0.2) is 42.5 Å². The summed E-state index contributed by atoms with van der Waals surface area (Å²) in [6.45, 7) is 3.75. The number of nitrogens with one attached hydrogen (secondary N) is 1. The molecule has 0 saturated heterocycles. The molecule has 2 aromatic rings. The minimum Gasteiger partial charge on any atom is -0.480 e. The van der Waals surface area contributed by atoms with Gasteiger partial charge in [0.2, 0.25) is 0 Å². The fourth-order valence-corrected chi connectivity index (χ4v) is 2.19. The summed E-state index contributed by atoms with van der Waals surface area (Å²) < 4.78 is 0. The number of carbonyl (C=O) groups is 2. The monoisotopic (exact) mass is 286 g/mol. The molecule has 0 saturated carbocycles. The van der Waals surface area contributed by atoms with Crippen molar-refractivity contribution in [3.63, 3.8) is 0 Å². The number of benzene rings is 2. The molecule has 21 heavy (non-hydrogen) atoms. The zero-order valence-corrected chi connectivity index (χ0v) is 12.0. The highest BCUT2D eigenvalue weighted by Gasteiger charge is 2.20. The Labute approximate surface area is 123 Å². The van der Waals surface area contributed by atoms with Crippen molar-refractivity contribution in [2.24, 2.45) is 0 Å². The molecule has 110 valence electrons. The average Bonchev–Trinajstić information content (AvgIpc) is 2.48. The van der Waals surface area contributed by atoms with E-state index in [1.54, 1.807) is 4.90 Å². The number of carboxylic acid groups (broad SMARTS) is 1. The van der Waals surface area contributed by atoms with Crippen molar-refractivity contribution in [3.05, 3.63) is 42.5 Å². The lowest BCUT2D eigenvalue weighted by atomic mass is 10.1. The third kappa shape index (κ3) is 3.13. The number of rotatable bonds is 4. The first-order valence-corrected chi connectivity index (χ1v) is 6.83. The second-order valence-electron chi connectivity index (χ2n) is 4.75. The van der Waals surface area contributed by atoms with E-state index in [0.717, 1.165) is 16.5 Å². The quantitative estimate of drug-likeness (QED) is 0.908. The molecule has 0 aliphatic carbocycles. The molecule has 0 radical (unpaired) electrons. The molecule has 0 aliphatic rings. The molecule has 0 heterocycles. The fourth-order valence-electron chi connectivity index (χ4n) is 2.19. The molecule has 2 rings (SSSR count). The van der Waals surface area contributed by atoms with Crippen molar-refractivity contribution in [2.75, 3.05) is 11.4 Å². The summed E-state index contributed by atoms with van der Waals surface area (Å²) in [5.74, 6) is -1.06. The van der Waals surface area contributed by atoms with Crippen LogP contribution >= 0.6 is 0 Å². The van der Waals surface area contributed by atoms with Gasteiger partial charge < -0.3 is 10.4 Å². The first-order valence-electron chi connectivity index (χ1n) is 6.83. The van der Waals surface area contributed by atoms with Crippen molar-refractivity contribution in [1.29, 1.82) is 0 Å². The smallest absolute Gasteiger partial charge is 0.325 e. The van der Waals surface area contributed by atoms with Gasteiger partial charge in [0.25, 0.3) is 0 Å². The highest BCUT2D eigenvalue weighted by atomic mass is 16.4. The Balaban J connectivity index is 2.35. The van der Waals surface area contributed by atoms with Crippen LogP contribution in [0.4, 0.5) is 10.5 Å². The molecule has 5 nitrogen and oxygen atoms in total. The summed E-state index contributed by atoms with van der Waals surface area (Å²) in [5.41, 5.74) is 0.769. The highest BCUT2D eigenvalue weighted by molar-refractivity contribution is 6.03. The Kier molecular flexibility index (Phi) is 4.42. The highest BCUT2D eigenvalue weighted by Crippen LogP contribution is 2.26. The van der Waals surface area contributed by atoms with Crippen LogP contribution in [0.5, 0.6) is 0 Å². The minimum absolute atomic E-state index is 0.413. The lowest BCUT2D eigenvalue weighted by Gasteiger charge is -2.24. The average molecular weight is 286 g/mol. The normalized spacial score (nSPS) is 11.9. The van der Waals surface area contributed by atoms with Gasteiger partial charge in [-0.1, -0.05) is 36.4 Å². The van der Waals surface area contributed by atoms with Crippen molar-refractivity contribution in [2.45, 2.75) is 19.9 Å². The van der Waals surface area contributed by atoms with Gasteiger partial charge in [0.1, 0.15) is 6.04 Å². The molecule has 0 aliphatic heterocycles. The Hall–Kier alpha value is -2.56. The number of nitrogens with zero attached hydrogens (tertiary/aromatic N) is 1. The van der Waals surface area contributed by atoms with Gasteiger partial charge in [-0.15, -0.1) is 0 Å². The summed E-state index contributed by atoms with van der Waals surface area (Å²) in [6, 6.07) is 12.2. The van der Waals surface area contributed by atoms with E-state index in [1.165, 1.54) is 6.92 Å². The Morgan fingerprint density at radius 3 is 2.52 bits per heavy atom. The van der Waals surface area contributed by atoms with Crippen LogP contribution in [0.2, 0.25) is 0 Å². The molecule has 0 fully saturated rings. The molecular formula is C16H18N2O3. The zero-order chi connectivity index (χ0) is 15.4. The number of fused-ring (bicyclic) bond motifs is 1. The van der Waals surface area contributed by atoms with Gasteiger partial charge in [-0.2, -0.15) is 0 Å². The predicted molar refractivity (Wildman–Crippen MR) is 82.6 cm³/mol. The molecular weight excluding hydrogens is 268 g/mol. The number of carbonyl (C=O) groups excluding carboxylic acids is 1. The van der Waals surface area contributed by atoms with E-state index in [0.29, 0.717) is 6.54 Å². The second kappa shape index (κ2) is 6.26. The summed E-state index contributed by atoms with van der Waals surface area (Å²) in [4.78, 5) is 24.7. The van der Waals surface area contributed by atoms with Gasteiger partial charge in [-0.05, 0) is 25.3 Å². The summed E-state index contributed by atoms with van der Waals surface area (Å²) in [7, 11) is 0. The molecule has 1 atom stereocenters. The largest absolute Gasteiger partial charge is 0.480 e. The van der Waals surface area contributed by atoms with Crippen LogP contribution < -0.4 is 10.2 Å². The number of amides is 2. The summed E-state index contributed by atoms with van der Waals surface area (Å²) >= 11 is 0. The first-order chi connectivity index (χ1) is 10.0. The molecule has 0 unspecified atom stereocenters. The van der Waals surface area contributed by atoms with Gasteiger partial charge in [0, 0.05) is 11.9 Å². The van der Waals surface area contributed by atoms with Crippen molar-refractivity contribution < 1.29 is 14.7 Å². The Morgan fingerprint density at radius 1 is 1.19 bits per heavy atom. The van der Waals surface area contributed by atoms with Crippen molar-refractivity contribution in [3.8, 4) is 0 Å². The van der Waals surface area contributed by atoms with Crippen molar-refractivity contribution in [1.82, 2.24) is 5.32 Å². The number of hydrogen-bond acceptors (Lipinski definition) is 2. The number of aliphatic carboxylic acids is 1. The van der Waals surface area contributed by atoms with Gasteiger partial charge in [-0.25, -0.2) is 4.79 Å². The molecule has 2 amide bonds. The third-order valence-corrected chi connectivity index (χ3v) is 3.33. The molecule has 0 bridgehead atoms. The molecule has 2 N–H and O–H groups in total. The van der Waals surface area contributed by atoms with Crippen LogP contribution in [0, 0.1) is 0 Å². The maximum Gasteiger partial charge on any atom is 0.325 e. The van der Waals surface area contributed by atoms with Crippen LogP contribution in [-0.4, -0.2) is 29.7 Å². The maximum absolute atomic E-state index is 12.3. The second-order valence-corrected chi connectivity index (χ2v) is 4.75. The molecule has 2 aromatic carbocycles. The predicted octanol–water partition coefficient (Wildman–Crippen LogP) is 2.85. The number of carboxylic acids is 1. The summed E-state index contributed by atoms with van der Waals surface area (Å²) in [5, 5.41) is 13.4. The van der Waals surface area contributed by atoms with Gasteiger partial charge in [-0.3, -0.25) is 9.69 Å². The van der Waals surface area contributed by atoms with E-state index in [2.05, 4.69) is 5.32 Å². The molecule has 5 heteroatoms. The third-order valence-electron chi connectivity index (χ3n) is 3.33. The lowest BCUT2D eigenvalue weighted by molar-refractivity contribution is -0.138. The van der Waals surface area contributed by atoms with E-state index in [1.807, 2.05) is 49.4 Å². The topological polar surface area (TPSA) is 69.6 Å². The maximum atomic E-state index is 12.3. The zero-order valence-electron chi connectivity index (χ0n) is 12.0. The molecule has 0 aromatic heterocycles. The fraction of sp³-hybridized carbons (Fsp3) is 0.250. The SMILES string of the molecule is CCN(C(=O)N[C@@H](C)C(=O)O)c1cccc2ccccc12.